The number of furan rings is 1. The van der Waals surface area contributed by atoms with E-state index in [1.807, 2.05) is 0 Å². The van der Waals surface area contributed by atoms with E-state index in [1.54, 1.807) is 18.2 Å². The minimum absolute atomic E-state index is 0.130. The van der Waals surface area contributed by atoms with Crippen LogP contribution in [0.15, 0.2) is 51.4 Å². The van der Waals surface area contributed by atoms with E-state index in [4.69, 9.17) is 16.0 Å². The van der Waals surface area contributed by atoms with Gasteiger partial charge in [0.15, 0.2) is 5.76 Å². The van der Waals surface area contributed by atoms with Crippen molar-refractivity contribution in [3.8, 4) is 0 Å². The normalized spacial score (nSPS) is 10.9. The molecule has 0 radical (unpaired) electrons. The Kier molecular flexibility index (Phi) is 3.36. The van der Waals surface area contributed by atoms with Gasteiger partial charge in [-0.15, -0.1) is 0 Å². The minimum Gasteiger partial charge on any atom is -0.453 e. The fourth-order valence-corrected chi connectivity index (χ4v) is 2.52. The second-order valence-electron chi connectivity index (χ2n) is 4.22. The van der Waals surface area contributed by atoms with Gasteiger partial charge < -0.3 is 4.42 Å². The lowest BCUT2D eigenvalue weighted by Gasteiger charge is -2.02. The smallest absolute Gasteiger partial charge is 0.229 e. The average Bonchev–Trinajstić information content (AvgIpc) is 2.84. The van der Waals surface area contributed by atoms with Gasteiger partial charge in [0, 0.05) is 15.4 Å². The van der Waals surface area contributed by atoms with Crippen molar-refractivity contribution in [3.63, 3.8) is 0 Å². The van der Waals surface area contributed by atoms with Crippen LogP contribution in [0.3, 0.4) is 0 Å². The molecule has 100 valence electrons. The number of benzene rings is 2. The Hall–Kier alpha value is -1.65. The van der Waals surface area contributed by atoms with Crippen molar-refractivity contribution in [1.29, 1.82) is 0 Å². The average molecular weight is 354 g/mol. The number of halogens is 3. The SMILES string of the molecule is O=C(c1cc2cc(F)ccc2o1)c1cccc(Br)c1Cl. The first-order valence-corrected chi connectivity index (χ1v) is 6.91. The van der Waals surface area contributed by atoms with Gasteiger partial charge in [-0.3, -0.25) is 4.79 Å². The number of fused-ring (bicyclic) bond motifs is 1. The van der Waals surface area contributed by atoms with E-state index in [0.29, 0.717) is 26.0 Å². The number of hydrogen-bond acceptors (Lipinski definition) is 2. The van der Waals surface area contributed by atoms with Crippen LogP contribution in [0, 0.1) is 5.82 Å². The van der Waals surface area contributed by atoms with Crippen LogP contribution in [0.4, 0.5) is 4.39 Å². The van der Waals surface area contributed by atoms with Gasteiger partial charge in [-0.1, -0.05) is 17.7 Å². The second kappa shape index (κ2) is 5.04. The lowest BCUT2D eigenvalue weighted by atomic mass is 10.1. The first kappa shape index (κ1) is 13.3. The van der Waals surface area contributed by atoms with Gasteiger partial charge in [0.05, 0.1) is 5.02 Å². The summed E-state index contributed by atoms with van der Waals surface area (Å²) in [6, 6.07) is 10.7. The maximum absolute atomic E-state index is 13.1. The molecular formula is C15H7BrClFO2. The maximum atomic E-state index is 13.1. The summed E-state index contributed by atoms with van der Waals surface area (Å²) in [5.74, 6) is -0.587. The maximum Gasteiger partial charge on any atom is 0.229 e. The number of hydrogen-bond donors (Lipinski definition) is 0. The molecule has 0 spiro atoms. The lowest BCUT2D eigenvalue weighted by molar-refractivity contribution is 0.101. The fourth-order valence-electron chi connectivity index (χ4n) is 1.94. The van der Waals surface area contributed by atoms with Crippen LogP contribution < -0.4 is 0 Å². The topological polar surface area (TPSA) is 30.2 Å². The molecule has 0 amide bonds. The summed E-state index contributed by atoms with van der Waals surface area (Å²) in [5, 5.41) is 0.864. The fraction of sp³-hybridized carbons (Fsp3) is 0. The van der Waals surface area contributed by atoms with Crippen LogP contribution in [0.1, 0.15) is 16.1 Å². The largest absolute Gasteiger partial charge is 0.453 e. The standard InChI is InChI=1S/C15H7BrClFO2/c16-11-3-1-2-10(14(11)17)15(19)13-7-8-6-9(18)4-5-12(8)20-13/h1-7H. The molecule has 3 rings (SSSR count). The monoisotopic (exact) mass is 352 g/mol. The molecule has 20 heavy (non-hydrogen) atoms. The van der Waals surface area contributed by atoms with Gasteiger partial charge in [-0.25, -0.2) is 4.39 Å². The molecule has 3 aromatic rings. The molecule has 0 aliphatic carbocycles. The van der Waals surface area contributed by atoms with Crippen molar-refractivity contribution >= 4 is 44.3 Å². The predicted molar refractivity (Wildman–Crippen MR) is 78.8 cm³/mol. The quantitative estimate of drug-likeness (QED) is 0.591. The molecule has 0 aliphatic heterocycles. The number of carbonyl (C=O) groups excluding carboxylic acids is 1. The Balaban J connectivity index is 2.10. The van der Waals surface area contributed by atoms with E-state index in [9.17, 15) is 9.18 Å². The van der Waals surface area contributed by atoms with E-state index in [2.05, 4.69) is 15.9 Å². The highest BCUT2D eigenvalue weighted by Gasteiger charge is 2.18. The van der Waals surface area contributed by atoms with E-state index in [1.165, 1.54) is 24.3 Å². The molecule has 1 aromatic heterocycles. The zero-order chi connectivity index (χ0) is 14.3. The zero-order valence-corrected chi connectivity index (χ0v) is 12.3. The summed E-state index contributed by atoms with van der Waals surface area (Å²) < 4.78 is 19.2. The number of rotatable bonds is 2. The van der Waals surface area contributed by atoms with Crippen LogP contribution in [-0.4, -0.2) is 5.78 Å². The van der Waals surface area contributed by atoms with Crippen LogP contribution in [-0.2, 0) is 0 Å². The molecule has 0 atom stereocenters. The van der Waals surface area contributed by atoms with E-state index < -0.39 is 0 Å². The van der Waals surface area contributed by atoms with E-state index in [0.717, 1.165) is 0 Å². The van der Waals surface area contributed by atoms with Crippen LogP contribution >= 0.6 is 27.5 Å². The van der Waals surface area contributed by atoms with Gasteiger partial charge in [-0.2, -0.15) is 0 Å². The Morgan fingerprint density at radius 2 is 2.00 bits per heavy atom. The third kappa shape index (κ3) is 2.25. The first-order chi connectivity index (χ1) is 9.56. The molecule has 0 fully saturated rings. The minimum atomic E-state index is -0.377. The third-order valence-electron chi connectivity index (χ3n) is 2.90. The highest BCUT2D eigenvalue weighted by molar-refractivity contribution is 9.10. The van der Waals surface area contributed by atoms with Crippen molar-refractivity contribution < 1.29 is 13.6 Å². The third-order valence-corrected chi connectivity index (χ3v) is 4.19. The zero-order valence-electron chi connectivity index (χ0n) is 9.99. The second-order valence-corrected chi connectivity index (χ2v) is 5.46. The number of ketones is 1. The molecule has 0 aliphatic rings. The Morgan fingerprint density at radius 3 is 2.80 bits per heavy atom. The van der Waals surface area contributed by atoms with Crippen molar-refractivity contribution in [2.24, 2.45) is 0 Å². The Labute approximate surface area is 127 Å². The predicted octanol–water partition coefficient (Wildman–Crippen LogP) is 5.22. The molecule has 2 aromatic carbocycles. The van der Waals surface area contributed by atoms with Gasteiger partial charge in [-0.05, 0) is 52.3 Å². The summed E-state index contributed by atoms with van der Waals surface area (Å²) in [6.07, 6.45) is 0. The molecule has 0 bridgehead atoms. The molecule has 0 unspecified atom stereocenters. The summed E-state index contributed by atoms with van der Waals surface area (Å²) in [7, 11) is 0. The summed E-state index contributed by atoms with van der Waals surface area (Å²) in [4.78, 5) is 12.4. The summed E-state index contributed by atoms with van der Waals surface area (Å²) in [5.41, 5.74) is 0.793. The Morgan fingerprint density at radius 1 is 1.20 bits per heavy atom. The van der Waals surface area contributed by atoms with Crippen LogP contribution in [0.25, 0.3) is 11.0 Å². The lowest BCUT2D eigenvalue weighted by Crippen LogP contribution is -2.00. The van der Waals surface area contributed by atoms with Crippen molar-refractivity contribution in [2.75, 3.05) is 0 Å². The molecule has 0 saturated heterocycles. The molecular weight excluding hydrogens is 347 g/mol. The van der Waals surface area contributed by atoms with Crippen LogP contribution in [0.2, 0.25) is 5.02 Å². The molecule has 1 heterocycles. The Bertz CT molecular complexity index is 826. The summed E-state index contributed by atoms with van der Waals surface area (Å²) in [6.45, 7) is 0. The molecule has 0 N–H and O–H groups in total. The number of carbonyl (C=O) groups is 1. The van der Waals surface area contributed by atoms with Gasteiger partial charge in [0.1, 0.15) is 11.4 Å². The van der Waals surface area contributed by atoms with E-state index >= 15 is 0 Å². The molecule has 5 heteroatoms. The van der Waals surface area contributed by atoms with Crippen molar-refractivity contribution in [3.05, 3.63) is 69.1 Å². The highest BCUT2D eigenvalue weighted by Crippen LogP contribution is 2.29. The van der Waals surface area contributed by atoms with Crippen molar-refractivity contribution in [1.82, 2.24) is 0 Å². The molecule has 2 nitrogen and oxygen atoms in total. The summed E-state index contributed by atoms with van der Waals surface area (Å²) >= 11 is 9.36. The van der Waals surface area contributed by atoms with Gasteiger partial charge in [0.25, 0.3) is 0 Å². The first-order valence-electron chi connectivity index (χ1n) is 5.74. The van der Waals surface area contributed by atoms with E-state index in [-0.39, 0.29) is 17.4 Å². The molecule has 0 saturated carbocycles. The van der Waals surface area contributed by atoms with Crippen LogP contribution in [0.5, 0.6) is 0 Å². The van der Waals surface area contributed by atoms with Gasteiger partial charge >= 0.3 is 0 Å². The highest BCUT2D eigenvalue weighted by atomic mass is 79.9. The van der Waals surface area contributed by atoms with Crippen molar-refractivity contribution in [2.45, 2.75) is 0 Å². The van der Waals surface area contributed by atoms with Gasteiger partial charge in [0.2, 0.25) is 5.78 Å².